The lowest BCUT2D eigenvalue weighted by molar-refractivity contribution is 0.629. The van der Waals surface area contributed by atoms with E-state index < -0.39 is 0 Å². The van der Waals surface area contributed by atoms with Crippen molar-refractivity contribution in [3.8, 4) is 11.4 Å². The van der Waals surface area contributed by atoms with Gasteiger partial charge in [-0.25, -0.2) is 14.4 Å². The predicted octanol–water partition coefficient (Wildman–Crippen LogP) is 4.18. The van der Waals surface area contributed by atoms with Gasteiger partial charge in [0.2, 0.25) is 0 Å². The summed E-state index contributed by atoms with van der Waals surface area (Å²) in [4.78, 5) is 9.15. The highest BCUT2D eigenvalue weighted by molar-refractivity contribution is 5.90. The van der Waals surface area contributed by atoms with E-state index in [9.17, 15) is 4.39 Å². The van der Waals surface area contributed by atoms with Crippen LogP contribution in [0.3, 0.4) is 0 Å². The second-order valence-corrected chi connectivity index (χ2v) is 4.90. The molecule has 0 aliphatic carbocycles. The van der Waals surface area contributed by atoms with Gasteiger partial charge in [-0.2, -0.15) is 0 Å². The first-order valence-corrected chi connectivity index (χ1v) is 6.96. The molecule has 0 atom stereocenters. The first-order chi connectivity index (χ1) is 10.2. The molecule has 0 aliphatic heterocycles. The standard InChI is InChI=1S/C17H16FN3/c1-3-19-16-14-10-12(18)8-9-15(14)20-17(21-16)13-7-5-4-6-11(13)2/h4-10H,3H2,1-2H3,(H,19,20,21). The minimum atomic E-state index is -0.283. The monoisotopic (exact) mass is 281 g/mol. The number of halogens is 1. The second kappa shape index (κ2) is 5.48. The highest BCUT2D eigenvalue weighted by atomic mass is 19.1. The molecular formula is C17H16FN3. The largest absolute Gasteiger partial charge is 0.370 e. The van der Waals surface area contributed by atoms with Crippen molar-refractivity contribution in [1.82, 2.24) is 9.97 Å². The molecule has 106 valence electrons. The molecule has 0 amide bonds. The van der Waals surface area contributed by atoms with Crippen molar-refractivity contribution in [3.63, 3.8) is 0 Å². The van der Waals surface area contributed by atoms with E-state index in [0.29, 0.717) is 17.0 Å². The van der Waals surface area contributed by atoms with Gasteiger partial charge < -0.3 is 5.32 Å². The Morgan fingerprint density at radius 1 is 1.10 bits per heavy atom. The van der Waals surface area contributed by atoms with Gasteiger partial charge in [-0.3, -0.25) is 0 Å². The molecule has 3 aromatic rings. The lowest BCUT2D eigenvalue weighted by Gasteiger charge is -2.11. The zero-order valence-electron chi connectivity index (χ0n) is 12.0. The van der Waals surface area contributed by atoms with Gasteiger partial charge in [0.1, 0.15) is 11.6 Å². The Morgan fingerprint density at radius 3 is 2.67 bits per heavy atom. The number of nitrogens with zero attached hydrogens (tertiary/aromatic N) is 2. The van der Waals surface area contributed by atoms with E-state index in [2.05, 4.69) is 15.3 Å². The number of benzene rings is 2. The summed E-state index contributed by atoms with van der Waals surface area (Å²) in [5.41, 5.74) is 2.84. The molecule has 0 radical (unpaired) electrons. The van der Waals surface area contributed by atoms with Crippen LogP contribution < -0.4 is 5.32 Å². The first kappa shape index (κ1) is 13.5. The van der Waals surface area contributed by atoms with Crippen LogP contribution in [0, 0.1) is 12.7 Å². The van der Waals surface area contributed by atoms with Gasteiger partial charge in [0.05, 0.1) is 5.52 Å². The van der Waals surface area contributed by atoms with Crippen molar-refractivity contribution < 1.29 is 4.39 Å². The van der Waals surface area contributed by atoms with Crippen molar-refractivity contribution in [2.24, 2.45) is 0 Å². The molecule has 2 aromatic carbocycles. The molecule has 1 heterocycles. The van der Waals surface area contributed by atoms with E-state index in [1.54, 1.807) is 6.07 Å². The molecule has 3 nitrogen and oxygen atoms in total. The predicted molar refractivity (Wildman–Crippen MR) is 83.8 cm³/mol. The molecule has 1 aromatic heterocycles. The third-order valence-corrected chi connectivity index (χ3v) is 3.39. The molecule has 0 spiro atoms. The summed E-state index contributed by atoms with van der Waals surface area (Å²) >= 11 is 0. The topological polar surface area (TPSA) is 37.8 Å². The Bertz CT molecular complexity index is 799. The van der Waals surface area contributed by atoms with Crippen LogP contribution in [0.25, 0.3) is 22.3 Å². The van der Waals surface area contributed by atoms with E-state index in [0.717, 1.165) is 23.2 Å². The summed E-state index contributed by atoms with van der Waals surface area (Å²) in [5.74, 6) is 1.04. The Morgan fingerprint density at radius 2 is 1.90 bits per heavy atom. The number of nitrogens with one attached hydrogen (secondary N) is 1. The number of hydrogen-bond donors (Lipinski definition) is 1. The van der Waals surface area contributed by atoms with E-state index in [1.165, 1.54) is 12.1 Å². The average molecular weight is 281 g/mol. The van der Waals surface area contributed by atoms with E-state index in [-0.39, 0.29) is 5.82 Å². The van der Waals surface area contributed by atoms with Crippen LogP contribution in [0.2, 0.25) is 0 Å². The molecular weight excluding hydrogens is 265 g/mol. The lowest BCUT2D eigenvalue weighted by Crippen LogP contribution is -2.03. The molecule has 21 heavy (non-hydrogen) atoms. The third kappa shape index (κ3) is 2.57. The quantitative estimate of drug-likeness (QED) is 0.782. The average Bonchev–Trinajstić information content (AvgIpc) is 2.48. The number of anilines is 1. The summed E-state index contributed by atoms with van der Waals surface area (Å²) in [5, 5.41) is 3.89. The van der Waals surface area contributed by atoms with Gasteiger partial charge in [-0.05, 0) is 37.6 Å². The molecule has 0 bridgehead atoms. The fourth-order valence-corrected chi connectivity index (χ4v) is 2.35. The molecule has 4 heteroatoms. The van der Waals surface area contributed by atoms with E-state index in [4.69, 9.17) is 0 Å². The summed E-state index contributed by atoms with van der Waals surface area (Å²) in [6, 6.07) is 12.6. The Kier molecular flexibility index (Phi) is 3.52. The minimum absolute atomic E-state index is 0.283. The number of hydrogen-bond acceptors (Lipinski definition) is 3. The van der Waals surface area contributed by atoms with Crippen LogP contribution >= 0.6 is 0 Å². The summed E-state index contributed by atoms with van der Waals surface area (Å²) in [6.07, 6.45) is 0. The first-order valence-electron chi connectivity index (χ1n) is 6.96. The van der Waals surface area contributed by atoms with E-state index in [1.807, 2.05) is 38.1 Å². The summed E-state index contributed by atoms with van der Waals surface area (Å²) in [6.45, 7) is 4.73. The maximum absolute atomic E-state index is 13.5. The molecule has 0 unspecified atom stereocenters. The fraction of sp³-hybridized carbons (Fsp3) is 0.176. The van der Waals surface area contributed by atoms with Gasteiger partial charge in [0.25, 0.3) is 0 Å². The summed E-state index contributed by atoms with van der Waals surface area (Å²) in [7, 11) is 0. The Balaban J connectivity index is 2.26. The van der Waals surface area contributed by atoms with Crippen molar-refractivity contribution >= 4 is 16.7 Å². The second-order valence-electron chi connectivity index (χ2n) is 4.90. The van der Waals surface area contributed by atoms with Crippen molar-refractivity contribution in [3.05, 3.63) is 53.8 Å². The number of rotatable bonds is 3. The molecule has 0 saturated heterocycles. The molecule has 0 saturated carbocycles. The third-order valence-electron chi connectivity index (χ3n) is 3.39. The van der Waals surface area contributed by atoms with Crippen LogP contribution in [0.5, 0.6) is 0 Å². The Labute approximate surface area is 122 Å². The smallest absolute Gasteiger partial charge is 0.162 e. The highest BCUT2D eigenvalue weighted by Gasteiger charge is 2.11. The fourth-order valence-electron chi connectivity index (χ4n) is 2.35. The van der Waals surface area contributed by atoms with Gasteiger partial charge in [0, 0.05) is 17.5 Å². The van der Waals surface area contributed by atoms with Crippen LogP contribution in [0.1, 0.15) is 12.5 Å². The maximum Gasteiger partial charge on any atom is 0.162 e. The van der Waals surface area contributed by atoms with Crippen molar-refractivity contribution in [2.75, 3.05) is 11.9 Å². The SMILES string of the molecule is CCNc1nc(-c2ccccc2C)nc2ccc(F)cc12. The molecule has 0 fully saturated rings. The number of fused-ring (bicyclic) bond motifs is 1. The summed E-state index contributed by atoms with van der Waals surface area (Å²) < 4.78 is 13.5. The van der Waals surface area contributed by atoms with Gasteiger partial charge in [-0.15, -0.1) is 0 Å². The zero-order valence-corrected chi connectivity index (χ0v) is 12.0. The number of aryl methyl sites for hydroxylation is 1. The van der Waals surface area contributed by atoms with Crippen LogP contribution in [-0.2, 0) is 0 Å². The minimum Gasteiger partial charge on any atom is -0.370 e. The maximum atomic E-state index is 13.5. The van der Waals surface area contributed by atoms with Gasteiger partial charge >= 0.3 is 0 Å². The number of aromatic nitrogens is 2. The normalized spacial score (nSPS) is 10.8. The zero-order chi connectivity index (χ0) is 14.8. The van der Waals surface area contributed by atoms with Crippen molar-refractivity contribution in [1.29, 1.82) is 0 Å². The molecule has 1 N–H and O–H groups in total. The molecule has 3 rings (SSSR count). The van der Waals surface area contributed by atoms with E-state index >= 15 is 0 Å². The van der Waals surface area contributed by atoms with Crippen LogP contribution in [0.4, 0.5) is 10.2 Å². The lowest BCUT2D eigenvalue weighted by atomic mass is 10.1. The van der Waals surface area contributed by atoms with Gasteiger partial charge in [0.15, 0.2) is 5.82 Å². The van der Waals surface area contributed by atoms with Crippen LogP contribution in [0.15, 0.2) is 42.5 Å². The van der Waals surface area contributed by atoms with Crippen molar-refractivity contribution in [2.45, 2.75) is 13.8 Å². The Hall–Kier alpha value is -2.49. The van der Waals surface area contributed by atoms with Gasteiger partial charge in [-0.1, -0.05) is 24.3 Å². The van der Waals surface area contributed by atoms with Crippen LogP contribution in [-0.4, -0.2) is 16.5 Å². The molecule has 0 aliphatic rings. The highest BCUT2D eigenvalue weighted by Crippen LogP contribution is 2.27.